The minimum Gasteiger partial charge on any atom is -0.481 e. The molecule has 2 rings (SSSR count). The van der Waals surface area contributed by atoms with Crippen molar-refractivity contribution < 1.29 is 14.7 Å². The Kier molecular flexibility index (Phi) is 4.54. The molecular formula is C13H21NO3S. The zero-order chi connectivity index (χ0) is 13.0. The molecule has 0 aromatic heterocycles. The number of carbonyl (C=O) groups is 2. The molecule has 0 spiro atoms. The number of carboxylic acids is 1. The van der Waals surface area contributed by atoms with Crippen molar-refractivity contribution in [1.29, 1.82) is 0 Å². The maximum Gasteiger partial charge on any atom is 0.311 e. The number of thioether (sulfide) groups is 1. The first-order valence-corrected chi connectivity index (χ1v) is 7.86. The molecule has 2 fully saturated rings. The fraction of sp³-hybridized carbons (Fsp3) is 0.846. The molecule has 5 heteroatoms. The molecule has 102 valence electrons. The molecule has 18 heavy (non-hydrogen) atoms. The molecule has 0 unspecified atom stereocenters. The Hall–Kier alpha value is -0.710. The van der Waals surface area contributed by atoms with Crippen LogP contribution < -0.4 is 5.32 Å². The highest BCUT2D eigenvalue weighted by molar-refractivity contribution is 7.99. The van der Waals surface area contributed by atoms with Crippen LogP contribution in [-0.2, 0) is 9.59 Å². The van der Waals surface area contributed by atoms with Gasteiger partial charge in [0.05, 0.1) is 5.41 Å². The fourth-order valence-electron chi connectivity index (χ4n) is 2.62. The number of hydrogen-bond acceptors (Lipinski definition) is 3. The molecule has 2 N–H and O–H groups in total. The van der Waals surface area contributed by atoms with Gasteiger partial charge in [0, 0.05) is 13.0 Å². The fourth-order valence-corrected chi connectivity index (χ4v) is 3.83. The second-order valence-electron chi connectivity index (χ2n) is 5.48. The van der Waals surface area contributed by atoms with Gasteiger partial charge in [-0.1, -0.05) is 6.42 Å². The summed E-state index contributed by atoms with van der Waals surface area (Å²) in [5.41, 5.74) is -0.669. The minimum atomic E-state index is -0.761. The molecule has 0 aromatic carbocycles. The molecule has 1 aliphatic carbocycles. The Bertz CT molecular complexity index is 322. The molecule has 1 saturated carbocycles. The van der Waals surface area contributed by atoms with Crippen molar-refractivity contribution in [3.05, 3.63) is 0 Å². The van der Waals surface area contributed by atoms with Gasteiger partial charge >= 0.3 is 5.97 Å². The number of rotatable bonds is 5. The number of carboxylic acid groups (broad SMARTS) is 1. The predicted octanol–water partition coefficient (Wildman–Crippen LogP) is 1.89. The Morgan fingerprint density at radius 3 is 2.44 bits per heavy atom. The van der Waals surface area contributed by atoms with E-state index in [-0.39, 0.29) is 5.91 Å². The van der Waals surface area contributed by atoms with Gasteiger partial charge in [0.1, 0.15) is 0 Å². The lowest BCUT2D eigenvalue weighted by Gasteiger charge is -2.37. The highest BCUT2D eigenvalue weighted by Crippen LogP contribution is 2.40. The number of carbonyl (C=O) groups excluding carboxylic acids is 1. The van der Waals surface area contributed by atoms with Crippen LogP contribution >= 0.6 is 11.8 Å². The van der Waals surface area contributed by atoms with E-state index < -0.39 is 11.4 Å². The van der Waals surface area contributed by atoms with Gasteiger partial charge in [-0.3, -0.25) is 9.59 Å². The third kappa shape index (κ3) is 3.19. The number of nitrogens with one attached hydrogen (secondary N) is 1. The number of hydrogen-bond donors (Lipinski definition) is 2. The summed E-state index contributed by atoms with van der Waals surface area (Å²) in [6.45, 7) is 0.308. The van der Waals surface area contributed by atoms with Crippen LogP contribution in [0.1, 0.15) is 38.5 Å². The Balaban J connectivity index is 1.72. The van der Waals surface area contributed by atoms with Gasteiger partial charge < -0.3 is 10.4 Å². The molecule has 1 saturated heterocycles. The molecular weight excluding hydrogens is 250 g/mol. The third-order valence-corrected chi connectivity index (χ3v) is 5.25. The van der Waals surface area contributed by atoms with E-state index in [0.29, 0.717) is 31.7 Å². The maximum atomic E-state index is 11.8. The topological polar surface area (TPSA) is 66.4 Å². The van der Waals surface area contributed by atoms with E-state index in [9.17, 15) is 9.59 Å². The monoisotopic (exact) mass is 271 g/mol. The van der Waals surface area contributed by atoms with E-state index >= 15 is 0 Å². The summed E-state index contributed by atoms with van der Waals surface area (Å²) in [4.78, 5) is 23.0. The van der Waals surface area contributed by atoms with Gasteiger partial charge in [0.15, 0.2) is 0 Å². The van der Waals surface area contributed by atoms with Crippen molar-refractivity contribution in [1.82, 2.24) is 5.32 Å². The van der Waals surface area contributed by atoms with E-state index in [1.54, 1.807) is 0 Å². The van der Waals surface area contributed by atoms with Crippen molar-refractivity contribution in [2.75, 3.05) is 18.1 Å². The van der Waals surface area contributed by atoms with E-state index in [2.05, 4.69) is 5.32 Å². The van der Waals surface area contributed by atoms with Crippen molar-refractivity contribution in [3.8, 4) is 0 Å². The predicted molar refractivity (Wildman–Crippen MR) is 71.6 cm³/mol. The number of aliphatic carboxylic acids is 1. The molecule has 2 aliphatic rings. The summed E-state index contributed by atoms with van der Waals surface area (Å²) < 4.78 is 0. The van der Waals surface area contributed by atoms with Crippen molar-refractivity contribution >= 4 is 23.6 Å². The van der Waals surface area contributed by atoms with E-state index in [0.717, 1.165) is 30.8 Å². The average Bonchev–Trinajstić information content (AvgIpc) is 2.28. The van der Waals surface area contributed by atoms with Crippen LogP contribution in [0.15, 0.2) is 0 Å². The van der Waals surface area contributed by atoms with Gasteiger partial charge in [-0.05, 0) is 43.1 Å². The van der Waals surface area contributed by atoms with Crippen LogP contribution in [0, 0.1) is 11.3 Å². The number of amides is 1. The van der Waals surface area contributed by atoms with Gasteiger partial charge in [0.25, 0.3) is 0 Å². The highest BCUT2D eigenvalue weighted by atomic mass is 32.2. The molecule has 0 aromatic rings. The zero-order valence-corrected chi connectivity index (χ0v) is 11.4. The summed E-state index contributed by atoms with van der Waals surface area (Å²) in [5.74, 6) is 2.06. The Morgan fingerprint density at radius 2 is 1.94 bits per heavy atom. The van der Waals surface area contributed by atoms with Crippen LogP contribution in [0.25, 0.3) is 0 Å². The van der Waals surface area contributed by atoms with Crippen molar-refractivity contribution in [2.24, 2.45) is 11.3 Å². The van der Waals surface area contributed by atoms with Gasteiger partial charge in [-0.2, -0.15) is 11.8 Å². The summed E-state index contributed by atoms with van der Waals surface area (Å²) in [5, 5.41) is 12.0. The van der Waals surface area contributed by atoms with Crippen LogP contribution in [0.5, 0.6) is 0 Å². The normalized spacial score (nSPS) is 23.1. The average molecular weight is 271 g/mol. The van der Waals surface area contributed by atoms with Gasteiger partial charge in [-0.25, -0.2) is 0 Å². The van der Waals surface area contributed by atoms with Crippen LogP contribution in [-0.4, -0.2) is 35.0 Å². The third-order valence-electron chi connectivity index (χ3n) is 4.20. The molecule has 1 aliphatic heterocycles. The molecule has 0 bridgehead atoms. The molecule has 0 atom stereocenters. The second kappa shape index (κ2) is 5.95. The van der Waals surface area contributed by atoms with Crippen molar-refractivity contribution in [3.63, 3.8) is 0 Å². The Morgan fingerprint density at radius 1 is 1.28 bits per heavy atom. The lowest BCUT2D eigenvalue weighted by molar-refractivity contribution is -0.154. The van der Waals surface area contributed by atoms with E-state index in [4.69, 9.17) is 5.11 Å². The smallest absolute Gasteiger partial charge is 0.311 e. The quantitative estimate of drug-likeness (QED) is 0.801. The largest absolute Gasteiger partial charge is 0.481 e. The Labute approximate surface area is 112 Å². The maximum absolute atomic E-state index is 11.8. The van der Waals surface area contributed by atoms with Crippen LogP contribution in [0.3, 0.4) is 0 Å². The van der Waals surface area contributed by atoms with Crippen LogP contribution in [0.2, 0.25) is 0 Å². The van der Waals surface area contributed by atoms with Gasteiger partial charge in [0.2, 0.25) is 5.91 Å². The second-order valence-corrected chi connectivity index (χ2v) is 6.70. The lowest BCUT2D eigenvalue weighted by Crippen LogP contribution is -2.47. The highest BCUT2D eigenvalue weighted by Gasteiger charge is 2.44. The molecule has 1 amide bonds. The molecule has 4 nitrogen and oxygen atoms in total. The van der Waals surface area contributed by atoms with E-state index in [1.165, 1.54) is 0 Å². The minimum absolute atomic E-state index is 0.0272. The molecule has 0 radical (unpaired) electrons. The summed E-state index contributed by atoms with van der Waals surface area (Å²) in [6.07, 6.45) is 5.15. The van der Waals surface area contributed by atoms with Crippen molar-refractivity contribution in [2.45, 2.75) is 38.5 Å². The molecule has 1 heterocycles. The SMILES string of the molecule is O=C(CC1CCSCC1)NCC1(C(=O)O)CCC1. The first kappa shape index (κ1) is 13.7. The first-order chi connectivity index (χ1) is 8.62. The summed E-state index contributed by atoms with van der Waals surface area (Å²) in [7, 11) is 0. The first-order valence-electron chi connectivity index (χ1n) is 6.70. The van der Waals surface area contributed by atoms with Gasteiger partial charge in [-0.15, -0.1) is 0 Å². The standard InChI is InChI=1S/C13H21NO3S/c15-11(8-10-2-6-18-7-3-10)14-9-13(12(16)17)4-1-5-13/h10H,1-9H2,(H,14,15)(H,16,17). The van der Waals surface area contributed by atoms with Crippen LogP contribution in [0.4, 0.5) is 0 Å². The lowest BCUT2D eigenvalue weighted by atomic mass is 9.69. The zero-order valence-electron chi connectivity index (χ0n) is 10.6. The van der Waals surface area contributed by atoms with E-state index in [1.807, 2.05) is 11.8 Å². The summed E-state index contributed by atoms with van der Waals surface area (Å²) in [6, 6.07) is 0. The summed E-state index contributed by atoms with van der Waals surface area (Å²) >= 11 is 1.95.